The van der Waals surface area contributed by atoms with Crippen molar-refractivity contribution < 1.29 is 13.7 Å². The van der Waals surface area contributed by atoms with E-state index in [0.29, 0.717) is 0 Å². The van der Waals surface area contributed by atoms with E-state index in [1.54, 1.807) is 6.92 Å². The first-order valence-electron chi connectivity index (χ1n) is 4.21. The molecular formula is C8H12FN3O2S. The Kier molecular flexibility index (Phi) is 4.40. The standard InChI is InChI=1S/C8H12FN3O2S/c1-5(15(10)13)7(14-2)8-11-3-6(9)4-12-8/h3-5,7H,10H2,1-2H3. The summed E-state index contributed by atoms with van der Waals surface area (Å²) in [5.74, 6) is -0.264. The van der Waals surface area contributed by atoms with Crippen LogP contribution in [0.4, 0.5) is 4.39 Å². The van der Waals surface area contributed by atoms with Gasteiger partial charge in [-0.15, -0.1) is 0 Å². The van der Waals surface area contributed by atoms with Gasteiger partial charge in [0.2, 0.25) is 0 Å². The number of aromatic nitrogens is 2. The van der Waals surface area contributed by atoms with Gasteiger partial charge >= 0.3 is 0 Å². The summed E-state index contributed by atoms with van der Waals surface area (Å²) in [7, 11) is 1.43. The number of hydrogen-bond acceptors (Lipinski definition) is 5. The molecule has 15 heavy (non-hydrogen) atoms. The van der Waals surface area contributed by atoms with Crippen LogP contribution in [0.2, 0.25) is 0 Å². The molecule has 0 aliphatic heterocycles. The van der Waals surface area contributed by atoms with Crippen LogP contribution in [-0.4, -0.2) is 26.9 Å². The third-order valence-electron chi connectivity index (χ3n) is 1.94. The number of methoxy groups -OCH3 is 1. The largest absolute Gasteiger partial charge is 0.598 e. The number of hydrogen-bond donors (Lipinski definition) is 1. The van der Waals surface area contributed by atoms with E-state index in [-0.39, 0.29) is 5.82 Å². The monoisotopic (exact) mass is 233 g/mol. The number of nitrogens with two attached hydrogens (primary N) is 1. The molecule has 0 amide bonds. The molecule has 7 heteroatoms. The van der Waals surface area contributed by atoms with Gasteiger partial charge < -0.3 is 9.29 Å². The molecule has 3 unspecified atom stereocenters. The lowest BCUT2D eigenvalue weighted by atomic mass is 10.2. The smallest absolute Gasteiger partial charge is 0.165 e. The second kappa shape index (κ2) is 5.36. The Morgan fingerprint density at radius 3 is 2.47 bits per heavy atom. The van der Waals surface area contributed by atoms with Gasteiger partial charge in [-0.3, -0.25) is 0 Å². The maximum Gasteiger partial charge on any atom is 0.165 e. The van der Waals surface area contributed by atoms with E-state index in [9.17, 15) is 8.94 Å². The van der Waals surface area contributed by atoms with Crippen molar-refractivity contribution in [3.8, 4) is 0 Å². The first-order chi connectivity index (χ1) is 7.06. The van der Waals surface area contributed by atoms with E-state index in [4.69, 9.17) is 9.88 Å². The molecule has 0 aromatic carbocycles. The average molecular weight is 233 g/mol. The predicted octanol–water partition coefficient (Wildman–Crippen LogP) is 0.314. The van der Waals surface area contributed by atoms with Crippen LogP contribution in [0.1, 0.15) is 18.9 Å². The van der Waals surface area contributed by atoms with Gasteiger partial charge in [0.1, 0.15) is 0 Å². The Hall–Kier alpha value is -0.760. The zero-order chi connectivity index (χ0) is 11.4. The van der Waals surface area contributed by atoms with Gasteiger partial charge in [-0.2, -0.15) is 5.14 Å². The number of rotatable bonds is 4. The number of nitrogens with zero attached hydrogens (tertiary/aromatic N) is 2. The Labute approximate surface area is 90.2 Å². The normalized spacial score (nSPS) is 17.1. The summed E-state index contributed by atoms with van der Waals surface area (Å²) in [6.07, 6.45) is 1.46. The maximum absolute atomic E-state index is 12.6. The molecule has 1 aromatic rings. The zero-order valence-electron chi connectivity index (χ0n) is 8.38. The molecular weight excluding hydrogens is 221 g/mol. The molecule has 0 spiro atoms. The van der Waals surface area contributed by atoms with Gasteiger partial charge in [0.05, 0.1) is 12.4 Å². The van der Waals surface area contributed by atoms with Crippen LogP contribution in [-0.2, 0) is 16.1 Å². The van der Waals surface area contributed by atoms with Crippen LogP contribution in [0.3, 0.4) is 0 Å². The summed E-state index contributed by atoms with van der Waals surface area (Å²) in [5.41, 5.74) is 0. The molecule has 84 valence electrons. The lowest BCUT2D eigenvalue weighted by Crippen LogP contribution is -2.33. The Bertz CT molecular complexity index is 309. The Morgan fingerprint density at radius 1 is 1.53 bits per heavy atom. The molecule has 1 rings (SSSR count). The van der Waals surface area contributed by atoms with Gasteiger partial charge in [0.25, 0.3) is 0 Å². The summed E-state index contributed by atoms with van der Waals surface area (Å²) < 4.78 is 28.7. The van der Waals surface area contributed by atoms with E-state index < -0.39 is 28.5 Å². The van der Waals surface area contributed by atoms with Crippen molar-refractivity contribution in [1.29, 1.82) is 0 Å². The highest BCUT2D eigenvalue weighted by Gasteiger charge is 2.29. The zero-order valence-corrected chi connectivity index (χ0v) is 9.20. The average Bonchev–Trinajstić information content (AvgIpc) is 2.21. The topological polar surface area (TPSA) is 84.1 Å². The van der Waals surface area contributed by atoms with Gasteiger partial charge in [-0.1, -0.05) is 0 Å². The van der Waals surface area contributed by atoms with E-state index in [0.717, 1.165) is 12.4 Å². The van der Waals surface area contributed by atoms with Crippen LogP contribution in [0.5, 0.6) is 0 Å². The Morgan fingerprint density at radius 2 is 2.07 bits per heavy atom. The fraction of sp³-hybridized carbons (Fsp3) is 0.500. The van der Waals surface area contributed by atoms with Gasteiger partial charge in [0.15, 0.2) is 23.0 Å². The molecule has 0 saturated heterocycles. The first-order valence-corrected chi connectivity index (χ1v) is 5.49. The summed E-state index contributed by atoms with van der Waals surface area (Å²) in [6, 6.07) is 0. The second-order valence-electron chi connectivity index (χ2n) is 2.95. The fourth-order valence-electron chi connectivity index (χ4n) is 1.10. The maximum atomic E-state index is 12.6. The van der Waals surface area contributed by atoms with Crippen molar-refractivity contribution in [2.24, 2.45) is 5.14 Å². The molecule has 5 nitrogen and oxygen atoms in total. The molecule has 0 saturated carbocycles. The highest BCUT2D eigenvalue weighted by molar-refractivity contribution is 7.89. The molecule has 1 heterocycles. The highest BCUT2D eigenvalue weighted by Crippen LogP contribution is 2.20. The molecule has 1 aromatic heterocycles. The highest BCUT2D eigenvalue weighted by atomic mass is 32.2. The van der Waals surface area contributed by atoms with Crippen molar-refractivity contribution in [3.05, 3.63) is 24.0 Å². The summed E-state index contributed by atoms with van der Waals surface area (Å²) >= 11 is -1.54. The van der Waals surface area contributed by atoms with Crippen LogP contribution in [0.15, 0.2) is 12.4 Å². The van der Waals surface area contributed by atoms with Crippen LogP contribution < -0.4 is 5.14 Å². The quantitative estimate of drug-likeness (QED) is 0.757. The molecule has 2 N–H and O–H groups in total. The number of ether oxygens (including phenoxy) is 1. The third kappa shape index (κ3) is 3.10. The molecule has 0 bridgehead atoms. The second-order valence-corrected chi connectivity index (χ2v) is 4.35. The molecule has 3 atom stereocenters. The predicted molar refractivity (Wildman–Crippen MR) is 53.5 cm³/mol. The Balaban J connectivity index is 2.87. The van der Waals surface area contributed by atoms with Crippen molar-refractivity contribution in [1.82, 2.24) is 9.97 Å². The summed E-state index contributed by atoms with van der Waals surface area (Å²) in [4.78, 5) is 7.50. The van der Waals surface area contributed by atoms with Crippen molar-refractivity contribution in [2.45, 2.75) is 18.3 Å². The summed E-state index contributed by atoms with van der Waals surface area (Å²) in [5, 5.41) is 4.78. The summed E-state index contributed by atoms with van der Waals surface area (Å²) in [6.45, 7) is 1.65. The molecule has 0 radical (unpaired) electrons. The first kappa shape index (κ1) is 12.3. The van der Waals surface area contributed by atoms with Gasteiger partial charge in [-0.05, 0) is 6.92 Å². The third-order valence-corrected chi connectivity index (χ3v) is 2.92. The van der Waals surface area contributed by atoms with E-state index in [1.807, 2.05) is 0 Å². The van der Waals surface area contributed by atoms with Crippen molar-refractivity contribution in [2.75, 3.05) is 7.11 Å². The van der Waals surface area contributed by atoms with Crippen LogP contribution in [0.25, 0.3) is 0 Å². The van der Waals surface area contributed by atoms with Crippen molar-refractivity contribution in [3.63, 3.8) is 0 Å². The van der Waals surface area contributed by atoms with Crippen molar-refractivity contribution >= 4 is 11.4 Å². The minimum absolute atomic E-state index is 0.269. The van der Waals surface area contributed by atoms with E-state index in [1.165, 1.54) is 7.11 Å². The fourth-order valence-corrected chi connectivity index (χ4v) is 1.57. The van der Waals surface area contributed by atoms with Gasteiger partial charge in [0, 0.05) is 18.5 Å². The van der Waals surface area contributed by atoms with E-state index >= 15 is 0 Å². The van der Waals surface area contributed by atoms with Crippen LogP contribution in [0, 0.1) is 5.82 Å². The lowest BCUT2D eigenvalue weighted by molar-refractivity contribution is 0.0946. The minimum Gasteiger partial charge on any atom is -0.598 e. The lowest BCUT2D eigenvalue weighted by Gasteiger charge is -2.20. The number of halogens is 1. The molecule has 0 aliphatic rings. The van der Waals surface area contributed by atoms with E-state index in [2.05, 4.69) is 9.97 Å². The van der Waals surface area contributed by atoms with Gasteiger partial charge in [-0.25, -0.2) is 14.4 Å². The minimum atomic E-state index is -1.54. The molecule has 0 aliphatic carbocycles. The molecule has 0 fully saturated rings. The SMILES string of the molecule is COC(c1ncc(F)cn1)C(C)[S+](N)[O-]. The van der Waals surface area contributed by atoms with Crippen LogP contribution >= 0.6 is 0 Å².